The normalized spacial score (nSPS) is 10.4. The van der Waals surface area contributed by atoms with Gasteiger partial charge >= 0.3 is 11.7 Å². The summed E-state index contributed by atoms with van der Waals surface area (Å²) >= 11 is 0. The van der Waals surface area contributed by atoms with E-state index in [0.717, 1.165) is 6.08 Å². The molecule has 1 aromatic rings. The summed E-state index contributed by atoms with van der Waals surface area (Å²) in [6.07, 6.45) is 2.17. The molecular formula is C13H14N2O6. The number of benzene rings is 1. The van der Waals surface area contributed by atoms with Gasteiger partial charge < -0.3 is 14.7 Å². The van der Waals surface area contributed by atoms with E-state index in [-0.39, 0.29) is 24.0 Å². The van der Waals surface area contributed by atoms with Gasteiger partial charge in [-0.1, -0.05) is 0 Å². The molecule has 0 saturated heterocycles. The highest BCUT2D eigenvalue weighted by molar-refractivity contribution is 5.85. The largest absolute Gasteiger partial charge is 0.478 e. The molecule has 0 heterocycles. The Morgan fingerprint density at radius 2 is 2.10 bits per heavy atom. The molecule has 0 radical (unpaired) electrons. The second kappa shape index (κ2) is 7.04. The van der Waals surface area contributed by atoms with Crippen LogP contribution in [0.25, 0.3) is 6.08 Å². The Bertz CT molecular complexity index is 594. The van der Waals surface area contributed by atoms with E-state index in [4.69, 9.17) is 9.84 Å². The lowest BCUT2D eigenvalue weighted by atomic mass is 10.1. The van der Waals surface area contributed by atoms with E-state index in [1.165, 1.54) is 43.3 Å². The Labute approximate surface area is 120 Å². The predicted molar refractivity (Wildman–Crippen MR) is 74.0 cm³/mol. The van der Waals surface area contributed by atoms with Crippen molar-refractivity contribution in [2.45, 2.75) is 0 Å². The van der Waals surface area contributed by atoms with Crippen LogP contribution in [0, 0.1) is 10.1 Å². The first-order valence-electron chi connectivity index (χ1n) is 5.83. The fourth-order valence-electron chi connectivity index (χ4n) is 1.34. The first kappa shape index (κ1) is 16.2. The number of likely N-dealkylation sites (N-methyl/N-ethyl adjacent to an activating group) is 1. The van der Waals surface area contributed by atoms with Crippen molar-refractivity contribution in [1.82, 2.24) is 4.90 Å². The second-order valence-electron chi connectivity index (χ2n) is 4.23. The van der Waals surface area contributed by atoms with Crippen LogP contribution < -0.4 is 4.74 Å². The fraction of sp³-hybridized carbons (Fsp3) is 0.231. The van der Waals surface area contributed by atoms with Crippen LogP contribution in [0.15, 0.2) is 24.3 Å². The minimum Gasteiger partial charge on any atom is -0.478 e. The van der Waals surface area contributed by atoms with Gasteiger partial charge in [-0.05, 0) is 23.8 Å². The van der Waals surface area contributed by atoms with Gasteiger partial charge in [0.2, 0.25) is 0 Å². The number of rotatable bonds is 6. The minimum absolute atomic E-state index is 0.0947. The molecule has 0 saturated carbocycles. The molecule has 0 aliphatic heterocycles. The summed E-state index contributed by atoms with van der Waals surface area (Å²) in [7, 11) is 3.07. The quantitative estimate of drug-likeness (QED) is 0.479. The topological polar surface area (TPSA) is 110 Å². The van der Waals surface area contributed by atoms with Crippen molar-refractivity contribution in [3.05, 3.63) is 40.0 Å². The average Bonchev–Trinajstić information content (AvgIpc) is 2.42. The lowest BCUT2D eigenvalue weighted by Gasteiger charge is -2.11. The van der Waals surface area contributed by atoms with Crippen LogP contribution in [-0.2, 0) is 9.59 Å². The molecule has 112 valence electrons. The van der Waals surface area contributed by atoms with E-state index in [2.05, 4.69) is 0 Å². The standard InChI is InChI=1S/C13H14N2O6/c1-14(2)12(16)8-21-11-7-9(4-6-13(17)18)3-5-10(11)15(19)20/h3-7H,8H2,1-2H3,(H,17,18). The molecule has 0 atom stereocenters. The van der Waals surface area contributed by atoms with Gasteiger partial charge in [0.15, 0.2) is 12.4 Å². The highest BCUT2D eigenvalue weighted by Gasteiger charge is 2.17. The van der Waals surface area contributed by atoms with Crippen molar-refractivity contribution in [3.63, 3.8) is 0 Å². The van der Waals surface area contributed by atoms with Gasteiger partial charge in [0.05, 0.1) is 4.92 Å². The number of ether oxygens (including phenoxy) is 1. The number of carboxylic acids is 1. The Hall–Kier alpha value is -2.90. The fourth-order valence-corrected chi connectivity index (χ4v) is 1.34. The predicted octanol–water partition coefficient (Wildman–Crippen LogP) is 1.16. The molecule has 0 aromatic heterocycles. The number of aliphatic carboxylic acids is 1. The Morgan fingerprint density at radius 1 is 1.43 bits per heavy atom. The van der Waals surface area contributed by atoms with Gasteiger partial charge in [0.1, 0.15) is 0 Å². The SMILES string of the molecule is CN(C)C(=O)COc1cc(C=CC(=O)O)ccc1[N+](=O)[O-]. The third-order valence-corrected chi connectivity index (χ3v) is 2.45. The number of hydrogen-bond acceptors (Lipinski definition) is 5. The summed E-state index contributed by atoms with van der Waals surface area (Å²) in [5.74, 6) is -1.59. The first-order valence-corrected chi connectivity index (χ1v) is 5.83. The van der Waals surface area contributed by atoms with Crippen LogP contribution in [0.4, 0.5) is 5.69 Å². The third-order valence-electron chi connectivity index (χ3n) is 2.45. The molecule has 1 amide bonds. The van der Waals surface area contributed by atoms with Gasteiger partial charge in [-0.25, -0.2) is 4.79 Å². The maximum absolute atomic E-state index is 11.4. The zero-order chi connectivity index (χ0) is 16.0. The Balaban J connectivity index is 3.01. The summed E-state index contributed by atoms with van der Waals surface area (Å²) in [4.78, 5) is 33.4. The molecule has 8 nitrogen and oxygen atoms in total. The van der Waals surface area contributed by atoms with E-state index in [0.29, 0.717) is 5.56 Å². The molecule has 0 aliphatic carbocycles. The van der Waals surface area contributed by atoms with Crippen LogP contribution in [0.1, 0.15) is 5.56 Å². The Kier molecular flexibility index (Phi) is 5.41. The number of carbonyl (C=O) groups is 2. The second-order valence-corrected chi connectivity index (χ2v) is 4.23. The molecule has 0 bridgehead atoms. The lowest BCUT2D eigenvalue weighted by molar-refractivity contribution is -0.385. The van der Waals surface area contributed by atoms with Crippen molar-refractivity contribution in [1.29, 1.82) is 0 Å². The molecule has 1 N–H and O–H groups in total. The van der Waals surface area contributed by atoms with Crippen molar-refractivity contribution in [2.75, 3.05) is 20.7 Å². The Morgan fingerprint density at radius 3 is 2.62 bits per heavy atom. The van der Waals surface area contributed by atoms with Gasteiger partial charge in [0, 0.05) is 26.2 Å². The minimum atomic E-state index is -1.14. The van der Waals surface area contributed by atoms with E-state index >= 15 is 0 Å². The van der Waals surface area contributed by atoms with E-state index in [9.17, 15) is 19.7 Å². The number of carboxylic acid groups (broad SMARTS) is 1. The van der Waals surface area contributed by atoms with E-state index in [1.807, 2.05) is 0 Å². The maximum Gasteiger partial charge on any atom is 0.328 e. The monoisotopic (exact) mass is 294 g/mol. The summed E-state index contributed by atoms with van der Waals surface area (Å²) in [6, 6.07) is 3.88. The summed E-state index contributed by atoms with van der Waals surface area (Å²) in [6.45, 7) is -0.347. The van der Waals surface area contributed by atoms with Gasteiger partial charge in [0.25, 0.3) is 5.91 Å². The lowest BCUT2D eigenvalue weighted by Crippen LogP contribution is -2.27. The van der Waals surface area contributed by atoms with Crippen molar-refractivity contribution < 1.29 is 24.4 Å². The zero-order valence-electron chi connectivity index (χ0n) is 11.5. The summed E-state index contributed by atoms with van der Waals surface area (Å²) in [5, 5.41) is 19.4. The molecule has 1 rings (SSSR count). The van der Waals surface area contributed by atoms with Crippen molar-refractivity contribution in [3.8, 4) is 5.75 Å². The number of nitro groups is 1. The van der Waals surface area contributed by atoms with Gasteiger partial charge in [-0.3, -0.25) is 14.9 Å². The summed E-state index contributed by atoms with van der Waals surface area (Å²) in [5.41, 5.74) is 0.115. The van der Waals surface area contributed by atoms with Gasteiger partial charge in [-0.2, -0.15) is 0 Å². The average molecular weight is 294 g/mol. The van der Waals surface area contributed by atoms with Crippen LogP contribution >= 0.6 is 0 Å². The summed E-state index contributed by atoms with van der Waals surface area (Å²) < 4.78 is 5.15. The number of hydrogen-bond donors (Lipinski definition) is 1. The van der Waals surface area contributed by atoms with Gasteiger partial charge in [-0.15, -0.1) is 0 Å². The molecule has 1 aromatic carbocycles. The third kappa shape index (κ3) is 4.94. The van der Waals surface area contributed by atoms with Crippen molar-refractivity contribution in [2.24, 2.45) is 0 Å². The van der Waals surface area contributed by atoms with Crippen LogP contribution in [0.3, 0.4) is 0 Å². The molecule has 0 fully saturated rings. The van der Waals surface area contributed by atoms with Crippen molar-refractivity contribution >= 4 is 23.6 Å². The van der Waals surface area contributed by atoms with Crippen LogP contribution in [0.5, 0.6) is 5.75 Å². The molecule has 0 unspecified atom stereocenters. The molecule has 8 heteroatoms. The molecule has 0 spiro atoms. The molecule has 21 heavy (non-hydrogen) atoms. The number of amides is 1. The smallest absolute Gasteiger partial charge is 0.328 e. The zero-order valence-corrected chi connectivity index (χ0v) is 11.5. The maximum atomic E-state index is 11.4. The molecular weight excluding hydrogens is 280 g/mol. The van der Waals surface area contributed by atoms with Crippen LogP contribution in [0.2, 0.25) is 0 Å². The van der Waals surface area contributed by atoms with E-state index < -0.39 is 10.9 Å². The number of nitrogens with zero attached hydrogens (tertiary/aromatic N) is 2. The molecule has 0 aliphatic rings. The first-order chi connectivity index (χ1) is 9.81. The van der Waals surface area contributed by atoms with Crippen LogP contribution in [-0.4, -0.2) is 47.5 Å². The van der Waals surface area contributed by atoms with E-state index in [1.54, 1.807) is 0 Å². The highest BCUT2D eigenvalue weighted by Crippen LogP contribution is 2.28. The number of carbonyl (C=O) groups excluding carboxylic acids is 1. The number of nitro benzene ring substituents is 1. The highest BCUT2D eigenvalue weighted by atomic mass is 16.6.